The summed E-state index contributed by atoms with van der Waals surface area (Å²) in [7, 11) is 1.59. The second-order valence-corrected chi connectivity index (χ2v) is 7.51. The Morgan fingerprint density at radius 1 is 1.13 bits per heavy atom. The Hall–Kier alpha value is -3.42. The van der Waals surface area contributed by atoms with Gasteiger partial charge in [0.2, 0.25) is 6.41 Å². The first-order chi connectivity index (χ1) is 14.5. The summed E-state index contributed by atoms with van der Waals surface area (Å²) in [6.45, 7) is 0.489. The van der Waals surface area contributed by atoms with Gasteiger partial charge in [-0.2, -0.15) is 0 Å². The van der Waals surface area contributed by atoms with Gasteiger partial charge >= 0.3 is 0 Å². The van der Waals surface area contributed by atoms with Crippen molar-refractivity contribution in [1.29, 1.82) is 0 Å². The average Bonchev–Trinajstić information content (AvgIpc) is 2.74. The topological polar surface area (TPSA) is 71.0 Å². The number of amides is 1. The lowest BCUT2D eigenvalue weighted by molar-refractivity contribution is -0.107. The molecule has 0 aliphatic heterocycles. The van der Waals surface area contributed by atoms with Crippen LogP contribution in [0.15, 0.2) is 48.7 Å². The van der Waals surface area contributed by atoms with E-state index >= 15 is 0 Å². The summed E-state index contributed by atoms with van der Waals surface area (Å²) in [6.07, 6.45) is 4.98. The van der Waals surface area contributed by atoms with Gasteiger partial charge in [-0.15, -0.1) is 10.2 Å². The van der Waals surface area contributed by atoms with E-state index in [-0.39, 0.29) is 16.8 Å². The lowest BCUT2D eigenvalue weighted by Crippen LogP contribution is -2.42. The molecule has 1 amide bonds. The molecule has 154 valence electrons. The molecule has 2 aromatic heterocycles. The zero-order valence-corrected chi connectivity index (χ0v) is 16.5. The summed E-state index contributed by atoms with van der Waals surface area (Å²) in [5.41, 5.74) is 1.28. The fraction of sp³-hybridized carbons (Fsp3) is 0.273. The SMILES string of the molecule is CN(C=O)c1ccc(F)c(-c2ccc(NCC3(c4ncccc4F)CCC3)nn2)c1. The van der Waals surface area contributed by atoms with Crippen molar-refractivity contribution in [3.05, 3.63) is 66.0 Å². The van der Waals surface area contributed by atoms with Crippen molar-refractivity contribution in [2.45, 2.75) is 24.7 Å². The van der Waals surface area contributed by atoms with Crippen LogP contribution in [0.3, 0.4) is 0 Å². The zero-order valence-electron chi connectivity index (χ0n) is 16.5. The normalized spacial score (nSPS) is 14.6. The van der Waals surface area contributed by atoms with Crippen molar-refractivity contribution in [3.63, 3.8) is 0 Å². The molecule has 1 aliphatic carbocycles. The third-order valence-electron chi connectivity index (χ3n) is 5.64. The number of rotatable bonds is 7. The average molecular weight is 409 g/mol. The van der Waals surface area contributed by atoms with Crippen LogP contribution in [-0.2, 0) is 10.2 Å². The summed E-state index contributed by atoms with van der Waals surface area (Å²) in [6, 6.07) is 10.7. The Labute approximate surface area is 173 Å². The van der Waals surface area contributed by atoms with Gasteiger partial charge in [0, 0.05) is 36.5 Å². The van der Waals surface area contributed by atoms with E-state index in [0.29, 0.717) is 35.8 Å². The summed E-state index contributed by atoms with van der Waals surface area (Å²) in [5.74, 6) is -0.230. The summed E-state index contributed by atoms with van der Waals surface area (Å²) < 4.78 is 28.5. The third kappa shape index (κ3) is 3.72. The minimum Gasteiger partial charge on any atom is -0.368 e. The summed E-state index contributed by atoms with van der Waals surface area (Å²) in [4.78, 5) is 16.6. The molecule has 4 rings (SSSR count). The smallest absolute Gasteiger partial charge is 0.213 e. The van der Waals surface area contributed by atoms with E-state index in [0.717, 1.165) is 19.3 Å². The Balaban J connectivity index is 1.51. The highest BCUT2D eigenvalue weighted by Gasteiger charge is 2.41. The molecule has 0 unspecified atom stereocenters. The maximum absolute atomic E-state index is 14.3. The zero-order chi connectivity index (χ0) is 21.1. The molecule has 1 fully saturated rings. The van der Waals surface area contributed by atoms with E-state index in [1.165, 1.54) is 23.1 Å². The Morgan fingerprint density at radius 2 is 1.97 bits per heavy atom. The lowest BCUT2D eigenvalue weighted by Gasteiger charge is -2.41. The number of hydrogen-bond donors (Lipinski definition) is 1. The minimum absolute atomic E-state index is 0.256. The van der Waals surface area contributed by atoms with Crippen molar-refractivity contribution in [1.82, 2.24) is 15.2 Å². The van der Waals surface area contributed by atoms with E-state index in [2.05, 4.69) is 20.5 Å². The van der Waals surface area contributed by atoms with Crippen molar-refractivity contribution in [2.75, 3.05) is 23.8 Å². The number of nitrogens with one attached hydrogen (secondary N) is 1. The number of hydrogen-bond acceptors (Lipinski definition) is 5. The number of aromatic nitrogens is 3. The first-order valence-corrected chi connectivity index (χ1v) is 9.69. The second kappa shape index (κ2) is 8.14. The molecule has 1 N–H and O–H groups in total. The van der Waals surface area contributed by atoms with Gasteiger partial charge < -0.3 is 10.2 Å². The molecule has 8 heteroatoms. The van der Waals surface area contributed by atoms with Crippen LogP contribution >= 0.6 is 0 Å². The molecule has 0 atom stereocenters. The first-order valence-electron chi connectivity index (χ1n) is 9.69. The van der Waals surface area contributed by atoms with Crippen LogP contribution in [0.4, 0.5) is 20.3 Å². The molecule has 1 aliphatic rings. The van der Waals surface area contributed by atoms with Crippen LogP contribution in [0.5, 0.6) is 0 Å². The van der Waals surface area contributed by atoms with Gasteiger partial charge in [0.15, 0.2) is 0 Å². The molecular weight excluding hydrogens is 388 g/mol. The Morgan fingerprint density at radius 3 is 2.60 bits per heavy atom. The largest absolute Gasteiger partial charge is 0.368 e. The number of nitrogens with zero attached hydrogens (tertiary/aromatic N) is 4. The number of pyridine rings is 1. The molecular formula is C22H21F2N5O. The van der Waals surface area contributed by atoms with E-state index < -0.39 is 5.82 Å². The highest BCUT2D eigenvalue weighted by molar-refractivity contribution is 5.77. The van der Waals surface area contributed by atoms with E-state index in [9.17, 15) is 13.6 Å². The molecule has 0 bridgehead atoms. The Bertz CT molecular complexity index is 1050. The van der Waals surface area contributed by atoms with Gasteiger partial charge in [0.05, 0.1) is 11.4 Å². The molecule has 0 radical (unpaired) electrons. The molecule has 1 saturated carbocycles. The third-order valence-corrected chi connectivity index (χ3v) is 5.64. The fourth-order valence-electron chi connectivity index (χ4n) is 3.70. The van der Waals surface area contributed by atoms with Crippen molar-refractivity contribution >= 4 is 17.9 Å². The standard InChI is InChI=1S/C22H21F2N5O/c1-29(14-30)15-5-6-17(23)16(12-15)19-7-8-20(28-27-19)26-13-22(9-3-10-22)21-18(24)4-2-11-25-21/h2,4-8,11-12,14H,3,9-10,13H2,1H3,(H,26,28). The van der Waals surface area contributed by atoms with Crippen LogP contribution < -0.4 is 10.2 Å². The highest BCUT2D eigenvalue weighted by Crippen LogP contribution is 2.43. The van der Waals surface area contributed by atoms with Gasteiger partial charge in [0.1, 0.15) is 17.5 Å². The second-order valence-electron chi connectivity index (χ2n) is 7.51. The predicted molar refractivity (Wildman–Crippen MR) is 110 cm³/mol. The fourth-order valence-corrected chi connectivity index (χ4v) is 3.70. The first kappa shape index (κ1) is 19.9. The molecule has 1 aromatic carbocycles. The van der Waals surface area contributed by atoms with E-state index in [4.69, 9.17) is 0 Å². The lowest BCUT2D eigenvalue weighted by atomic mass is 9.66. The van der Waals surface area contributed by atoms with Gasteiger partial charge in [0.25, 0.3) is 0 Å². The van der Waals surface area contributed by atoms with E-state index in [1.54, 1.807) is 37.5 Å². The van der Waals surface area contributed by atoms with Gasteiger partial charge in [-0.05, 0) is 55.3 Å². The maximum Gasteiger partial charge on any atom is 0.213 e. The summed E-state index contributed by atoms with van der Waals surface area (Å²) >= 11 is 0. The summed E-state index contributed by atoms with van der Waals surface area (Å²) in [5, 5.41) is 11.5. The molecule has 0 spiro atoms. The number of carbonyl (C=O) groups is 1. The van der Waals surface area contributed by atoms with Gasteiger partial charge in [-0.25, -0.2) is 8.78 Å². The minimum atomic E-state index is -0.452. The number of benzene rings is 1. The van der Waals surface area contributed by atoms with Crippen molar-refractivity contribution < 1.29 is 13.6 Å². The predicted octanol–water partition coefficient (Wildman–Crippen LogP) is 3.94. The van der Waals surface area contributed by atoms with Crippen LogP contribution in [0, 0.1) is 11.6 Å². The van der Waals surface area contributed by atoms with E-state index in [1.807, 2.05) is 0 Å². The quantitative estimate of drug-likeness (QED) is 0.599. The molecule has 2 heterocycles. The monoisotopic (exact) mass is 409 g/mol. The van der Waals surface area contributed by atoms with Crippen LogP contribution in [0.2, 0.25) is 0 Å². The highest BCUT2D eigenvalue weighted by atomic mass is 19.1. The number of halogens is 2. The molecule has 3 aromatic rings. The molecule has 30 heavy (non-hydrogen) atoms. The van der Waals surface area contributed by atoms with Gasteiger partial charge in [-0.3, -0.25) is 9.78 Å². The van der Waals surface area contributed by atoms with Gasteiger partial charge in [-0.1, -0.05) is 6.42 Å². The number of anilines is 2. The van der Waals surface area contributed by atoms with Crippen molar-refractivity contribution in [3.8, 4) is 11.3 Å². The molecule has 6 nitrogen and oxygen atoms in total. The van der Waals surface area contributed by atoms with Crippen LogP contribution in [-0.4, -0.2) is 35.2 Å². The Kier molecular flexibility index (Phi) is 5.39. The van der Waals surface area contributed by atoms with Crippen LogP contribution in [0.1, 0.15) is 25.0 Å². The van der Waals surface area contributed by atoms with Crippen LogP contribution in [0.25, 0.3) is 11.3 Å². The van der Waals surface area contributed by atoms with Crippen molar-refractivity contribution in [2.24, 2.45) is 0 Å². The maximum atomic E-state index is 14.3. The molecule has 0 saturated heterocycles. The number of carbonyl (C=O) groups excluding carboxylic acids is 1.